The fraction of sp³-hybridized carbons (Fsp3) is 0.235. The number of rotatable bonds is 2. The Morgan fingerprint density at radius 3 is 3.04 bits per heavy atom. The minimum Gasteiger partial charge on any atom is -0.323 e. The lowest BCUT2D eigenvalue weighted by Crippen LogP contribution is -2.49. The van der Waals surface area contributed by atoms with Crippen molar-refractivity contribution in [3.05, 3.63) is 47.2 Å². The van der Waals surface area contributed by atoms with E-state index in [4.69, 9.17) is 11.6 Å². The van der Waals surface area contributed by atoms with E-state index in [-0.39, 0.29) is 11.8 Å². The molecule has 3 heterocycles. The standard InChI is InChI=1S/C17H14ClN3O2S/c1-10-9-19-7-5-12(10)20-16(23)17-6-4-15(22)21(17)13-8-11(18)2-3-14(13)24-17/h2-3,5,7-9H,4,6H2,1H3,(H,19,20,23). The highest BCUT2D eigenvalue weighted by atomic mass is 35.5. The molecule has 2 aliphatic heterocycles. The van der Waals surface area contributed by atoms with Crippen LogP contribution in [-0.4, -0.2) is 21.7 Å². The summed E-state index contributed by atoms with van der Waals surface area (Å²) < 4.78 is 0. The van der Waals surface area contributed by atoms with Gasteiger partial charge in [0.25, 0.3) is 5.91 Å². The number of hydrogen-bond donors (Lipinski definition) is 1. The normalized spacial score (nSPS) is 21.6. The van der Waals surface area contributed by atoms with Crippen LogP contribution in [0.4, 0.5) is 11.4 Å². The summed E-state index contributed by atoms with van der Waals surface area (Å²) in [5, 5.41) is 3.51. The van der Waals surface area contributed by atoms with Crippen molar-refractivity contribution in [2.24, 2.45) is 0 Å². The van der Waals surface area contributed by atoms with Crippen LogP contribution < -0.4 is 10.2 Å². The fourth-order valence-corrected chi connectivity index (χ4v) is 4.72. The van der Waals surface area contributed by atoms with Crippen LogP contribution in [-0.2, 0) is 9.59 Å². The van der Waals surface area contributed by atoms with Crippen molar-refractivity contribution in [1.29, 1.82) is 0 Å². The molecule has 0 spiro atoms. The second kappa shape index (κ2) is 5.50. The molecule has 1 aromatic heterocycles. The van der Waals surface area contributed by atoms with Gasteiger partial charge in [-0.3, -0.25) is 19.5 Å². The van der Waals surface area contributed by atoms with E-state index in [0.29, 0.717) is 23.6 Å². The van der Waals surface area contributed by atoms with E-state index in [9.17, 15) is 9.59 Å². The van der Waals surface area contributed by atoms with E-state index < -0.39 is 4.87 Å². The molecule has 122 valence electrons. The number of thioether (sulfide) groups is 1. The van der Waals surface area contributed by atoms with E-state index in [2.05, 4.69) is 10.3 Å². The molecule has 1 aromatic carbocycles. The second-order valence-corrected chi connectivity index (χ2v) is 7.63. The van der Waals surface area contributed by atoms with Crippen LogP contribution in [0.2, 0.25) is 5.02 Å². The molecule has 2 aliphatic rings. The van der Waals surface area contributed by atoms with Crippen LogP contribution >= 0.6 is 23.4 Å². The Balaban J connectivity index is 1.73. The van der Waals surface area contributed by atoms with Gasteiger partial charge in [0.1, 0.15) is 0 Å². The number of halogens is 1. The number of carbonyl (C=O) groups is 2. The molecule has 0 radical (unpaired) electrons. The molecule has 1 N–H and O–H groups in total. The molecule has 1 unspecified atom stereocenters. The zero-order valence-corrected chi connectivity index (χ0v) is 14.4. The largest absolute Gasteiger partial charge is 0.323 e. The van der Waals surface area contributed by atoms with Crippen LogP contribution in [0.25, 0.3) is 0 Å². The Hall–Kier alpha value is -2.05. The van der Waals surface area contributed by atoms with Crippen molar-refractivity contribution < 1.29 is 9.59 Å². The topological polar surface area (TPSA) is 62.3 Å². The Bertz CT molecular complexity index is 873. The number of aromatic nitrogens is 1. The number of pyridine rings is 1. The van der Waals surface area contributed by atoms with Crippen molar-refractivity contribution in [1.82, 2.24) is 4.98 Å². The number of hydrogen-bond acceptors (Lipinski definition) is 4. The highest BCUT2D eigenvalue weighted by Crippen LogP contribution is 2.56. The lowest BCUT2D eigenvalue weighted by Gasteiger charge is -2.29. The van der Waals surface area contributed by atoms with Crippen molar-refractivity contribution >= 4 is 46.6 Å². The smallest absolute Gasteiger partial charge is 0.261 e. The van der Waals surface area contributed by atoms with Gasteiger partial charge in [0.15, 0.2) is 4.87 Å². The van der Waals surface area contributed by atoms with Gasteiger partial charge in [-0.05, 0) is 43.2 Å². The predicted octanol–water partition coefficient (Wildman–Crippen LogP) is 3.61. The molecule has 0 saturated carbocycles. The molecule has 7 heteroatoms. The predicted molar refractivity (Wildman–Crippen MR) is 94.4 cm³/mol. The zero-order valence-electron chi connectivity index (χ0n) is 12.9. The maximum absolute atomic E-state index is 13.1. The highest BCUT2D eigenvalue weighted by Gasteiger charge is 2.57. The number of nitrogens with zero attached hydrogens (tertiary/aromatic N) is 2. The monoisotopic (exact) mass is 359 g/mol. The molecular weight excluding hydrogens is 346 g/mol. The number of carbonyl (C=O) groups excluding carboxylic acids is 2. The van der Waals surface area contributed by atoms with Gasteiger partial charge in [0, 0.05) is 34.4 Å². The van der Waals surface area contributed by atoms with Crippen molar-refractivity contribution in [3.63, 3.8) is 0 Å². The second-order valence-electron chi connectivity index (χ2n) is 5.87. The first kappa shape index (κ1) is 15.5. The third-order valence-corrected chi connectivity index (χ3v) is 6.06. The molecule has 4 rings (SSSR count). The number of nitrogens with one attached hydrogen (secondary N) is 1. The number of fused-ring (bicyclic) bond motifs is 3. The van der Waals surface area contributed by atoms with Crippen molar-refractivity contribution in [2.75, 3.05) is 10.2 Å². The summed E-state index contributed by atoms with van der Waals surface area (Å²) in [6.07, 6.45) is 4.15. The van der Waals surface area contributed by atoms with E-state index >= 15 is 0 Å². The van der Waals surface area contributed by atoms with Gasteiger partial charge < -0.3 is 5.32 Å². The molecule has 0 bridgehead atoms. The molecular formula is C17H14ClN3O2S. The third kappa shape index (κ3) is 2.21. The Kier molecular flexibility index (Phi) is 3.54. The summed E-state index contributed by atoms with van der Waals surface area (Å²) in [6.45, 7) is 1.88. The third-order valence-electron chi connectivity index (χ3n) is 4.35. The summed E-state index contributed by atoms with van der Waals surface area (Å²) in [6, 6.07) is 7.15. The zero-order chi connectivity index (χ0) is 16.9. The summed E-state index contributed by atoms with van der Waals surface area (Å²) in [7, 11) is 0. The summed E-state index contributed by atoms with van der Waals surface area (Å²) in [5.74, 6) is -0.245. The fourth-order valence-electron chi connectivity index (χ4n) is 3.16. The maximum Gasteiger partial charge on any atom is 0.261 e. The molecule has 2 amide bonds. The summed E-state index contributed by atoms with van der Waals surface area (Å²) in [5.41, 5.74) is 2.30. The molecule has 1 atom stereocenters. The summed E-state index contributed by atoms with van der Waals surface area (Å²) in [4.78, 5) is 31.1. The van der Waals surface area contributed by atoms with Gasteiger partial charge in [-0.1, -0.05) is 23.4 Å². The quantitative estimate of drug-likeness (QED) is 0.889. The van der Waals surface area contributed by atoms with Gasteiger partial charge in [-0.2, -0.15) is 0 Å². The lowest BCUT2D eigenvalue weighted by molar-refractivity contribution is -0.121. The van der Waals surface area contributed by atoms with Gasteiger partial charge >= 0.3 is 0 Å². The summed E-state index contributed by atoms with van der Waals surface area (Å²) >= 11 is 7.50. The van der Waals surface area contributed by atoms with Crippen LogP contribution in [0.5, 0.6) is 0 Å². The van der Waals surface area contributed by atoms with Crippen molar-refractivity contribution in [3.8, 4) is 0 Å². The van der Waals surface area contributed by atoms with E-state index in [1.165, 1.54) is 11.8 Å². The lowest BCUT2D eigenvalue weighted by atomic mass is 10.1. The van der Waals surface area contributed by atoms with Gasteiger partial charge in [-0.25, -0.2) is 0 Å². The Labute approximate surface area is 148 Å². The van der Waals surface area contributed by atoms with Gasteiger partial charge in [0.2, 0.25) is 5.91 Å². The Morgan fingerprint density at radius 1 is 1.42 bits per heavy atom. The molecule has 5 nitrogen and oxygen atoms in total. The molecule has 1 saturated heterocycles. The van der Waals surface area contributed by atoms with Gasteiger partial charge in [-0.15, -0.1) is 0 Å². The average molecular weight is 360 g/mol. The number of benzene rings is 1. The highest BCUT2D eigenvalue weighted by molar-refractivity contribution is 8.02. The number of anilines is 2. The maximum atomic E-state index is 13.1. The molecule has 2 aromatic rings. The molecule has 24 heavy (non-hydrogen) atoms. The first-order valence-electron chi connectivity index (χ1n) is 7.55. The van der Waals surface area contributed by atoms with E-state index in [0.717, 1.165) is 16.1 Å². The average Bonchev–Trinajstić information content (AvgIpc) is 3.06. The van der Waals surface area contributed by atoms with Gasteiger partial charge in [0.05, 0.1) is 5.69 Å². The van der Waals surface area contributed by atoms with Crippen LogP contribution in [0, 0.1) is 6.92 Å². The van der Waals surface area contributed by atoms with E-state index in [1.54, 1.807) is 35.5 Å². The van der Waals surface area contributed by atoms with Crippen molar-refractivity contribution in [2.45, 2.75) is 29.5 Å². The van der Waals surface area contributed by atoms with Crippen LogP contribution in [0.15, 0.2) is 41.6 Å². The molecule has 0 aliphatic carbocycles. The van der Waals surface area contributed by atoms with Crippen LogP contribution in [0.1, 0.15) is 18.4 Å². The number of amides is 2. The SMILES string of the molecule is Cc1cnccc1NC(=O)C12CCC(=O)N1c1cc(Cl)ccc1S2. The minimum absolute atomic E-state index is 0.0508. The Morgan fingerprint density at radius 2 is 2.25 bits per heavy atom. The first-order chi connectivity index (χ1) is 11.5. The number of aryl methyl sites for hydroxylation is 1. The first-order valence-corrected chi connectivity index (χ1v) is 8.74. The molecule has 1 fully saturated rings. The van der Waals surface area contributed by atoms with E-state index in [1.807, 2.05) is 13.0 Å². The van der Waals surface area contributed by atoms with Crippen LogP contribution in [0.3, 0.4) is 0 Å². The minimum atomic E-state index is -0.945.